The third-order valence-electron chi connectivity index (χ3n) is 13.4. The van der Waals surface area contributed by atoms with Crippen molar-refractivity contribution in [3.05, 3.63) is 140 Å². The van der Waals surface area contributed by atoms with Crippen LogP contribution >= 0.6 is 0 Å². The summed E-state index contributed by atoms with van der Waals surface area (Å²) in [6.07, 6.45) is 37.0. The van der Waals surface area contributed by atoms with Crippen molar-refractivity contribution in [3.8, 4) is 95.7 Å². The Morgan fingerprint density at radius 2 is 0.452 bits per heavy atom. The number of unbranched alkanes of at least 4 members (excludes halogenated alkanes) is 20. The molecule has 0 spiro atoms. The van der Waals surface area contributed by atoms with Crippen LogP contribution in [-0.2, 0) is 18.9 Å². The molecule has 0 aliphatic carbocycles. The molecule has 84 heavy (non-hydrogen) atoms. The minimum absolute atomic E-state index is 0.271. The van der Waals surface area contributed by atoms with Gasteiger partial charge in [0.05, 0.1) is 48.7 Å². The van der Waals surface area contributed by atoms with Gasteiger partial charge in [-0.3, -0.25) is 0 Å². The zero-order valence-corrected chi connectivity index (χ0v) is 50.1. The molecular weight excluding hydrogens is 1040 g/mol. The average molecular weight is 1120 g/mol. The van der Waals surface area contributed by atoms with E-state index in [2.05, 4.69) is 111 Å². The molecule has 0 saturated heterocycles. The Morgan fingerprint density at radius 3 is 0.655 bits per heavy atom. The summed E-state index contributed by atoms with van der Waals surface area (Å²) < 4.78 is 22.5. The van der Waals surface area contributed by atoms with Gasteiger partial charge in [0, 0.05) is 44.5 Å². The maximum atomic E-state index is 13.4. The first-order valence-corrected chi connectivity index (χ1v) is 30.4. The van der Waals surface area contributed by atoms with Gasteiger partial charge in [0.25, 0.3) is 0 Å². The standard InChI is InChI=1S/C76H82O8/c1-7-13-17-21-25-35-45-81-73(77)69-53-61(11-5)49-63(55-69)39-29-31-41-65-51-67(59-71(57-65)75(79)83-47-37-27-23-19-15-9-3)43-33-34-44-68-52-66(58-72(60-68)76(80)84-48-38-28-24-20-16-10-4)42-32-30-40-64-50-62(12-6)54-70(56-64)74(78)82-46-36-26-22-18-14-8-2/h5-6,49-60H,7-10,13-28,35-38,45-48H2,1-4H3. The topological polar surface area (TPSA) is 105 Å². The lowest BCUT2D eigenvalue weighted by Crippen LogP contribution is -2.07. The first-order chi connectivity index (χ1) is 41.1. The van der Waals surface area contributed by atoms with Crippen LogP contribution in [0.25, 0.3) is 0 Å². The van der Waals surface area contributed by atoms with E-state index in [1.54, 1.807) is 72.8 Å². The first kappa shape index (κ1) is 67.7. The predicted molar refractivity (Wildman–Crippen MR) is 338 cm³/mol. The monoisotopic (exact) mass is 1120 g/mol. The van der Waals surface area contributed by atoms with E-state index in [9.17, 15) is 19.2 Å². The van der Waals surface area contributed by atoms with E-state index in [0.29, 0.717) is 68.8 Å². The summed E-state index contributed by atoms with van der Waals surface area (Å²) in [4.78, 5) is 52.8. The third-order valence-corrected chi connectivity index (χ3v) is 13.4. The second-order valence-corrected chi connectivity index (χ2v) is 20.6. The molecule has 0 aliphatic heterocycles. The highest BCUT2D eigenvalue weighted by atomic mass is 16.5. The van der Waals surface area contributed by atoms with Crippen LogP contribution in [0.4, 0.5) is 0 Å². The predicted octanol–water partition coefficient (Wildman–Crippen LogP) is 15.9. The van der Waals surface area contributed by atoms with Gasteiger partial charge in [-0.2, -0.15) is 0 Å². The van der Waals surface area contributed by atoms with E-state index in [1.165, 1.54) is 51.4 Å². The third kappa shape index (κ3) is 28.3. The van der Waals surface area contributed by atoms with Crippen molar-refractivity contribution in [1.29, 1.82) is 0 Å². The maximum Gasteiger partial charge on any atom is 0.338 e. The summed E-state index contributed by atoms with van der Waals surface area (Å²) in [6.45, 7) is 9.93. The lowest BCUT2D eigenvalue weighted by molar-refractivity contribution is 0.0488. The molecule has 0 unspecified atom stereocenters. The summed E-state index contributed by atoms with van der Waals surface area (Å²) in [7, 11) is 0. The van der Waals surface area contributed by atoms with Crippen molar-refractivity contribution in [1.82, 2.24) is 0 Å². The van der Waals surface area contributed by atoms with Crippen LogP contribution in [0.3, 0.4) is 0 Å². The molecular formula is C76H82O8. The van der Waals surface area contributed by atoms with Gasteiger partial charge in [0.2, 0.25) is 0 Å². The highest BCUT2D eigenvalue weighted by Crippen LogP contribution is 2.17. The number of benzene rings is 4. The lowest BCUT2D eigenvalue weighted by atomic mass is 10.0. The molecule has 0 fully saturated rings. The van der Waals surface area contributed by atoms with Gasteiger partial charge in [-0.25, -0.2) is 19.2 Å². The summed E-state index contributed by atoms with van der Waals surface area (Å²) in [5.74, 6) is 38.6. The van der Waals surface area contributed by atoms with Gasteiger partial charge in [-0.05, 0) is 134 Å². The normalized spacial score (nSPS) is 9.88. The summed E-state index contributed by atoms with van der Waals surface area (Å²) in [5, 5.41) is 0. The fourth-order valence-corrected chi connectivity index (χ4v) is 8.72. The van der Waals surface area contributed by atoms with Crippen LogP contribution < -0.4 is 0 Å². The number of hydrogen-bond donors (Lipinski definition) is 0. The molecule has 0 N–H and O–H groups in total. The SMILES string of the molecule is C#Cc1cc(C#CC#Cc2cc(C#CC#Cc3cc(C#CC#Cc4cc(C#C)cc(C(=O)OCCCCCCCC)c4)cc(C(=O)OCCCCCCCC)c3)cc(C(=O)OCCCCCCCC)c2)cc(C(=O)OCCCCCCCC)c1. The van der Waals surface area contributed by atoms with Crippen LogP contribution in [0.2, 0.25) is 0 Å². The van der Waals surface area contributed by atoms with Crippen molar-refractivity contribution in [2.75, 3.05) is 26.4 Å². The largest absolute Gasteiger partial charge is 0.462 e. The minimum atomic E-state index is -0.502. The van der Waals surface area contributed by atoms with Crippen LogP contribution in [-0.4, -0.2) is 50.3 Å². The number of carbonyl (C=O) groups is 4. The van der Waals surface area contributed by atoms with Crippen molar-refractivity contribution in [2.24, 2.45) is 0 Å². The Hall–Kier alpha value is -8.76. The molecule has 0 aliphatic rings. The Balaban J connectivity index is 1.62. The van der Waals surface area contributed by atoms with Gasteiger partial charge in [0.1, 0.15) is 0 Å². The van der Waals surface area contributed by atoms with E-state index in [0.717, 1.165) is 103 Å². The fraction of sp³-hybridized carbons (Fsp3) is 0.421. The number of rotatable bonds is 32. The lowest BCUT2D eigenvalue weighted by Gasteiger charge is -2.06. The van der Waals surface area contributed by atoms with Gasteiger partial charge in [-0.15, -0.1) is 12.8 Å². The quantitative estimate of drug-likeness (QED) is 0.0206. The van der Waals surface area contributed by atoms with Crippen LogP contribution in [0.1, 0.15) is 268 Å². The molecule has 0 amide bonds. The number of terminal acetylenes is 2. The highest BCUT2D eigenvalue weighted by Gasteiger charge is 2.14. The van der Waals surface area contributed by atoms with E-state index >= 15 is 0 Å². The molecule has 0 heterocycles. The Morgan fingerprint density at radius 1 is 0.274 bits per heavy atom. The fourth-order valence-electron chi connectivity index (χ4n) is 8.72. The van der Waals surface area contributed by atoms with Gasteiger partial charge in [0.15, 0.2) is 0 Å². The van der Waals surface area contributed by atoms with Crippen molar-refractivity contribution in [2.45, 2.75) is 182 Å². The molecule has 434 valence electrons. The molecule has 8 heteroatoms. The van der Waals surface area contributed by atoms with Crippen molar-refractivity contribution < 1.29 is 38.1 Å². The molecule has 0 saturated carbocycles. The molecule has 4 rings (SSSR count). The second kappa shape index (κ2) is 42.1. The first-order valence-electron chi connectivity index (χ1n) is 30.4. The summed E-state index contributed by atoms with van der Waals surface area (Å²) in [6, 6.07) is 19.9. The minimum Gasteiger partial charge on any atom is -0.462 e. The molecule has 0 aromatic heterocycles. The van der Waals surface area contributed by atoms with E-state index < -0.39 is 23.9 Å². The van der Waals surface area contributed by atoms with Crippen LogP contribution in [0.5, 0.6) is 0 Å². The number of carbonyl (C=O) groups excluding carboxylic acids is 4. The molecule has 0 bridgehead atoms. The van der Waals surface area contributed by atoms with E-state index in [4.69, 9.17) is 31.8 Å². The Kier molecular flexibility index (Phi) is 34.0. The summed E-state index contributed by atoms with van der Waals surface area (Å²) >= 11 is 0. The van der Waals surface area contributed by atoms with Crippen molar-refractivity contribution in [3.63, 3.8) is 0 Å². The maximum absolute atomic E-state index is 13.4. The highest BCUT2D eigenvalue weighted by molar-refractivity contribution is 5.92. The smallest absolute Gasteiger partial charge is 0.338 e. The zero-order valence-electron chi connectivity index (χ0n) is 50.1. The van der Waals surface area contributed by atoms with Gasteiger partial charge >= 0.3 is 23.9 Å². The average Bonchev–Trinajstić information content (AvgIpc) is 3.72. The summed E-state index contributed by atoms with van der Waals surface area (Å²) in [5.41, 5.74) is 5.02. The molecule has 4 aromatic rings. The Labute approximate surface area is 503 Å². The number of esters is 4. The number of ether oxygens (including phenoxy) is 4. The second-order valence-electron chi connectivity index (χ2n) is 20.6. The van der Waals surface area contributed by atoms with Gasteiger partial charge in [-0.1, -0.05) is 203 Å². The van der Waals surface area contributed by atoms with Gasteiger partial charge < -0.3 is 18.9 Å². The molecule has 8 nitrogen and oxygen atoms in total. The van der Waals surface area contributed by atoms with Crippen molar-refractivity contribution >= 4 is 23.9 Å². The van der Waals surface area contributed by atoms with E-state index in [-0.39, 0.29) is 24.3 Å². The molecule has 0 radical (unpaired) electrons. The molecule has 4 aromatic carbocycles. The number of hydrogen-bond acceptors (Lipinski definition) is 8. The van der Waals surface area contributed by atoms with E-state index in [1.807, 2.05) is 0 Å². The van der Waals surface area contributed by atoms with Crippen LogP contribution in [0, 0.1) is 95.7 Å². The molecule has 0 atom stereocenters. The Bertz CT molecular complexity index is 3070. The zero-order chi connectivity index (χ0) is 60.2. The van der Waals surface area contributed by atoms with Crippen LogP contribution in [0.15, 0.2) is 72.8 Å².